The topological polar surface area (TPSA) is 51.1 Å². The van der Waals surface area contributed by atoms with E-state index >= 15 is 0 Å². The van der Waals surface area contributed by atoms with E-state index in [0.717, 1.165) is 12.1 Å². The Kier molecular flexibility index (Phi) is 3.95. The molecule has 0 atom stereocenters. The number of benzene rings is 1. The molecule has 1 N–H and O–H groups in total. The van der Waals surface area contributed by atoms with Crippen molar-refractivity contribution in [3.63, 3.8) is 0 Å². The van der Waals surface area contributed by atoms with Crippen LogP contribution in [0.4, 0.5) is 5.69 Å². The molecule has 0 bridgehead atoms. The van der Waals surface area contributed by atoms with Gasteiger partial charge in [0.1, 0.15) is 0 Å². The number of anilines is 1. The van der Waals surface area contributed by atoms with Gasteiger partial charge in [0.15, 0.2) is 9.84 Å². The van der Waals surface area contributed by atoms with Gasteiger partial charge in [-0.2, -0.15) is 0 Å². The third kappa shape index (κ3) is 3.38. The number of hydrogen-bond acceptors (Lipinski definition) is 3. The van der Waals surface area contributed by atoms with Gasteiger partial charge in [0, 0.05) is 31.7 Å². The van der Waals surface area contributed by atoms with Gasteiger partial charge < -0.3 is 9.88 Å². The van der Waals surface area contributed by atoms with E-state index in [0.29, 0.717) is 17.1 Å². The molecule has 1 aromatic heterocycles. The van der Waals surface area contributed by atoms with E-state index in [2.05, 4.69) is 23.0 Å². The smallest absolute Gasteiger partial charge is 0.177 e. The van der Waals surface area contributed by atoms with E-state index in [-0.39, 0.29) is 0 Å². The molecule has 0 fully saturated rings. The molecule has 102 valence electrons. The van der Waals surface area contributed by atoms with Crippen LogP contribution >= 0.6 is 0 Å². The summed E-state index contributed by atoms with van der Waals surface area (Å²) in [6.07, 6.45) is 5.29. The van der Waals surface area contributed by atoms with Gasteiger partial charge in [-0.25, -0.2) is 8.42 Å². The maximum Gasteiger partial charge on any atom is 0.177 e. The molecule has 5 heteroatoms. The molecule has 0 aliphatic carbocycles. The van der Waals surface area contributed by atoms with Crippen molar-refractivity contribution in [2.75, 3.05) is 11.6 Å². The first-order chi connectivity index (χ1) is 9.00. The fourth-order valence-electron chi connectivity index (χ4n) is 1.93. The van der Waals surface area contributed by atoms with Crippen LogP contribution in [-0.2, 0) is 22.9 Å². The molecule has 2 rings (SSSR count). The minimum Gasteiger partial charge on any atom is -0.380 e. The van der Waals surface area contributed by atoms with Gasteiger partial charge >= 0.3 is 0 Å². The average molecular weight is 278 g/mol. The second-order valence-corrected chi connectivity index (χ2v) is 6.46. The van der Waals surface area contributed by atoms with Crippen molar-refractivity contribution >= 4 is 15.5 Å². The Morgan fingerprint density at radius 2 is 1.95 bits per heavy atom. The zero-order valence-corrected chi connectivity index (χ0v) is 11.9. The second-order valence-electron chi connectivity index (χ2n) is 4.47. The molecule has 2 aromatic rings. The average Bonchev–Trinajstić information content (AvgIpc) is 2.83. The number of nitrogens with zero attached hydrogens (tertiary/aromatic N) is 1. The van der Waals surface area contributed by atoms with Crippen molar-refractivity contribution in [3.05, 3.63) is 48.3 Å². The molecule has 0 spiro atoms. The first-order valence-corrected chi connectivity index (χ1v) is 8.07. The van der Waals surface area contributed by atoms with Crippen LogP contribution in [0, 0.1) is 0 Å². The van der Waals surface area contributed by atoms with Crippen molar-refractivity contribution in [1.29, 1.82) is 0 Å². The Labute approximate surface area is 114 Å². The molecule has 0 unspecified atom stereocenters. The van der Waals surface area contributed by atoms with Gasteiger partial charge in [-0.1, -0.05) is 12.1 Å². The first kappa shape index (κ1) is 13.7. The lowest BCUT2D eigenvalue weighted by molar-refractivity contribution is 0.602. The zero-order chi connectivity index (χ0) is 13.9. The van der Waals surface area contributed by atoms with E-state index in [4.69, 9.17) is 0 Å². The number of aromatic nitrogens is 1. The molecule has 19 heavy (non-hydrogen) atoms. The quantitative estimate of drug-likeness (QED) is 0.914. The molecular formula is C14H18N2O2S. The fraction of sp³-hybridized carbons (Fsp3) is 0.286. The van der Waals surface area contributed by atoms with Crippen molar-refractivity contribution < 1.29 is 8.42 Å². The van der Waals surface area contributed by atoms with Crippen molar-refractivity contribution in [2.24, 2.45) is 0 Å². The monoisotopic (exact) mass is 278 g/mol. The number of nitrogens with one attached hydrogen (secondary N) is 1. The van der Waals surface area contributed by atoms with E-state index in [1.165, 1.54) is 6.26 Å². The predicted molar refractivity (Wildman–Crippen MR) is 77.0 cm³/mol. The normalized spacial score (nSPS) is 11.5. The third-order valence-corrected chi connectivity index (χ3v) is 4.10. The van der Waals surface area contributed by atoms with Gasteiger partial charge in [-0.3, -0.25) is 0 Å². The van der Waals surface area contributed by atoms with Crippen LogP contribution in [0.5, 0.6) is 0 Å². The lowest BCUT2D eigenvalue weighted by atomic mass is 10.3. The standard InChI is InChI=1S/C14H18N2O2S/c1-3-16-9-8-12(11-16)10-15-13-6-4-5-7-14(13)19(2,17)18/h4-9,11,15H,3,10H2,1-2H3. The van der Waals surface area contributed by atoms with Crippen LogP contribution in [0.2, 0.25) is 0 Å². The van der Waals surface area contributed by atoms with E-state index in [1.807, 2.05) is 18.3 Å². The summed E-state index contributed by atoms with van der Waals surface area (Å²) in [4.78, 5) is 0.338. The highest BCUT2D eigenvalue weighted by Gasteiger charge is 2.12. The maximum atomic E-state index is 11.7. The number of hydrogen-bond donors (Lipinski definition) is 1. The number of para-hydroxylation sites is 1. The van der Waals surface area contributed by atoms with E-state index in [9.17, 15) is 8.42 Å². The Morgan fingerprint density at radius 3 is 2.58 bits per heavy atom. The van der Waals surface area contributed by atoms with E-state index in [1.54, 1.807) is 18.2 Å². The highest BCUT2D eigenvalue weighted by molar-refractivity contribution is 7.90. The maximum absolute atomic E-state index is 11.7. The fourth-order valence-corrected chi connectivity index (χ4v) is 2.79. The number of rotatable bonds is 5. The van der Waals surface area contributed by atoms with Gasteiger partial charge in [-0.15, -0.1) is 0 Å². The molecule has 0 amide bonds. The minimum atomic E-state index is -3.21. The molecule has 1 aromatic carbocycles. The summed E-state index contributed by atoms with van der Waals surface area (Å²) in [5, 5.41) is 3.18. The Hall–Kier alpha value is -1.75. The van der Waals surface area contributed by atoms with Crippen LogP contribution in [0.25, 0.3) is 0 Å². The predicted octanol–water partition coefficient (Wildman–Crippen LogP) is 2.52. The number of aryl methyl sites for hydroxylation is 1. The molecule has 1 heterocycles. The zero-order valence-electron chi connectivity index (χ0n) is 11.1. The van der Waals surface area contributed by atoms with E-state index < -0.39 is 9.84 Å². The summed E-state index contributed by atoms with van der Waals surface area (Å²) in [5.41, 5.74) is 1.78. The van der Waals surface area contributed by atoms with Crippen molar-refractivity contribution in [1.82, 2.24) is 4.57 Å². The summed E-state index contributed by atoms with van der Waals surface area (Å²) in [6, 6.07) is 8.99. The molecule has 0 radical (unpaired) electrons. The van der Waals surface area contributed by atoms with Crippen LogP contribution < -0.4 is 5.32 Å². The van der Waals surface area contributed by atoms with Crippen molar-refractivity contribution in [2.45, 2.75) is 24.9 Å². The lowest BCUT2D eigenvalue weighted by Crippen LogP contribution is -2.05. The molecule has 4 nitrogen and oxygen atoms in total. The van der Waals surface area contributed by atoms with Gasteiger partial charge in [0.05, 0.1) is 10.6 Å². The SMILES string of the molecule is CCn1ccc(CNc2ccccc2S(C)(=O)=O)c1. The highest BCUT2D eigenvalue weighted by Crippen LogP contribution is 2.21. The molecule has 0 saturated carbocycles. The second kappa shape index (κ2) is 5.48. The van der Waals surface area contributed by atoms with Crippen LogP contribution in [-0.4, -0.2) is 19.2 Å². The molecule has 0 aliphatic heterocycles. The molecule has 0 aliphatic rings. The summed E-state index contributed by atoms with van der Waals surface area (Å²) < 4.78 is 25.4. The Morgan fingerprint density at radius 1 is 1.21 bits per heavy atom. The lowest BCUT2D eigenvalue weighted by Gasteiger charge is -2.09. The van der Waals surface area contributed by atoms with Gasteiger partial charge in [0.25, 0.3) is 0 Å². The summed E-state index contributed by atoms with van der Waals surface area (Å²) in [6.45, 7) is 3.62. The highest BCUT2D eigenvalue weighted by atomic mass is 32.2. The molecular weight excluding hydrogens is 260 g/mol. The van der Waals surface area contributed by atoms with Crippen LogP contribution in [0.15, 0.2) is 47.6 Å². The Bertz CT molecular complexity index is 660. The van der Waals surface area contributed by atoms with Crippen molar-refractivity contribution in [3.8, 4) is 0 Å². The Balaban J connectivity index is 2.16. The molecule has 0 saturated heterocycles. The largest absolute Gasteiger partial charge is 0.380 e. The van der Waals surface area contributed by atoms with Gasteiger partial charge in [0.2, 0.25) is 0 Å². The summed E-state index contributed by atoms with van der Waals surface area (Å²) in [7, 11) is -3.21. The first-order valence-electron chi connectivity index (χ1n) is 6.18. The van der Waals surface area contributed by atoms with Gasteiger partial charge in [-0.05, 0) is 30.7 Å². The number of sulfone groups is 1. The summed E-state index contributed by atoms with van der Waals surface area (Å²) >= 11 is 0. The van der Waals surface area contributed by atoms with Crippen LogP contribution in [0.1, 0.15) is 12.5 Å². The summed E-state index contributed by atoms with van der Waals surface area (Å²) in [5.74, 6) is 0. The minimum absolute atomic E-state index is 0.338. The van der Waals surface area contributed by atoms with Crippen LogP contribution in [0.3, 0.4) is 0 Å². The third-order valence-electron chi connectivity index (χ3n) is 2.95.